The van der Waals surface area contributed by atoms with Gasteiger partial charge in [-0.15, -0.1) is 0 Å². The summed E-state index contributed by atoms with van der Waals surface area (Å²) >= 11 is 6.29. The molecule has 0 atom stereocenters. The Morgan fingerprint density at radius 3 is 2.53 bits per heavy atom. The Morgan fingerprint density at radius 1 is 1.10 bits per heavy atom. The maximum Gasteiger partial charge on any atom is 0.349 e. The molecule has 0 unspecified atom stereocenters. The van der Waals surface area contributed by atoms with E-state index in [0.29, 0.717) is 22.5 Å². The summed E-state index contributed by atoms with van der Waals surface area (Å²) in [5, 5.41) is 0.500. The maximum atomic E-state index is 13.4. The number of nitrogens with zero attached hydrogens (tertiary/aromatic N) is 3. The molecule has 1 N–H and O–H groups in total. The highest BCUT2D eigenvalue weighted by Crippen LogP contribution is 2.27. The minimum absolute atomic E-state index is 0.00543. The first-order chi connectivity index (χ1) is 14.4. The number of halogens is 3. The van der Waals surface area contributed by atoms with Crippen LogP contribution in [0.15, 0.2) is 39.9 Å². The average Bonchev–Trinajstić information content (AvgIpc) is 2.67. The molecular weight excluding hydrogens is 418 g/mol. The van der Waals surface area contributed by atoms with E-state index in [4.69, 9.17) is 16.3 Å². The average molecular weight is 433 g/mol. The van der Waals surface area contributed by atoms with Crippen molar-refractivity contribution < 1.29 is 13.5 Å². The third-order valence-corrected chi connectivity index (χ3v) is 4.93. The number of fused-ring (bicyclic) bond motifs is 2. The number of aromatic amines is 1. The molecule has 2 aromatic carbocycles. The molecule has 0 saturated heterocycles. The second kappa shape index (κ2) is 7.83. The molecule has 154 valence electrons. The van der Waals surface area contributed by atoms with Gasteiger partial charge < -0.3 is 9.30 Å². The molecule has 10 heteroatoms. The van der Waals surface area contributed by atoms with Crippen LogP contribution < -0.4 is 16.0 Å². The van der Waals surface area contributed by atoms with E-state index in [0.717, 1.165) is 23.8 Å². The molecule has 0 bridgehead atoms. The standard InChI is InChI=1S/C20H15ClF2N4O3/c1-2-10-5-16-15(9-14(10)21)24-17-18(25-20(29)26-19(17)28)27(16)3-4-30-13-7-11(22)6-12(23)8-13/h5-9H,2-4H2,1H3,(H,26,28,29). The topological polar surface area (TPSA) is 89.9 Å². The predicted molar refractivity (Wildman–Crippen MR) is 107 cm³/mol. The van der Waals surface area contributed by atoms with E-state index in [1.54, 1.807) is 16.7 Å². The zero-order valence-electron chi connectivity index (χ0n) is 15.7. The first-order valence-electron chi connectivity index (χ1n) is 9.07. The normalized spacial score (nSPS) is 11.3. The summed E-state index contributed by atoms with van der Waals surface area (Å²) in [6, 6.07) is 6.31. The minimum Gasteiger partial charge on any atom is -0.492 e. The Morgan fingerprint density at radius 2 is 1.83 bits per heavy atom. The van der Waals surface area contributed by atoms with Gasteiger partial charge in [0.2, 0.25) is 0 Å². The Bertz CT molecular complexity index is 1330. The summed E-state index contributed by atoms with van der Waals surface area (Å²) in [5.41, 5.74) is 0.367. The van der Waals surface area contributed by atoms with Crippen LogP contribution in [0.5, 0.6) is 5.75 Å². The van der Waals surface area contributed by atoms with Crippen LogP contribution in [0.3, 0.4) is 0 Å². The van der Waals surface area contributed by atoms with Crippen molar-refractivity contribution in [1.29, 1.82) is 0 Å². The summed E-state index contributed by atoms with van der Waals surface area (Å²) in [5.74, 6) is -1.43. The molecule has 0 saturated carbocycles. The van der Waals surface area contributed by atoms with Gasteiger partial charge >= 0.3 is 5.69 Å². The fourth-order valence-electron chi connectivity index (χ4n) is 3.22. The van der Waals surface area contributed by atoms with E-state index in [9.17, 15) is 18.4 Å². The van der Waals surface area contributed by atoms with E-state index in [2.05, 4.69) is 15.0 Å². The first kappa shape index (κ1) is 20.0. The van der Waals surface area contributed by atoms with Crippen LogP contribution >= 0.6 is 11.6 Å². The van der Waals surface area contributed by atoms with E-state index in [-0.39, 0.29) is 30.4 Å². The largest absolute Gasteiger partial charge is 0.492 e. The lowest BCUT2D eigenvalue weighted by Crippen LogP contribution is -2.29. The van der Waals surface area contributed by atoms with Gasteiger partial charge in [-0.05, 0) is 24.1 Å². The zero-order valence-corrected chi connectivity index (χ0v) is 16.5. The Balaban J connectivity index is 1.82. The molecule has 0 aliphatic carbocycles. The lowest BCUT2D eigenvalue weighted by atomic mass is 10.1. The molecular formula is C20H15ClF2N4O3. The number of aromatic nitrogens is 4. The fraction of sp³-hybridized carbons (Fsp3) is 0.200. The number of rotatable bonds is 5. The molecule has 0 spiro atoms. The van der Waals surface area contributed by atoms with E-state index < -0.39 is 22.9 Å². The Hall–Kier alpha value is -3.33. The number of H-pyrrole nitrogens is 1. The van der Waals surface area contributed by atoms with Gasteiger partial charge in [-0.3, -0.25) is 9.78 Å². The summed E-state index contributed by atoms with van der Waals surface area (Å²) in [6.45, 7) is 2.06. The minimum atomic E-state index is -0.805. The molecule has 0 fully saturated rings. The monoisotopic (exact) mass is 432 g/mol. The molecule has 7 nitrogen and oxygen atoms in total. The number of hydrogen-bond donors (Lipinski definition) is 1. The number of aryl methyl sites for hydroxylation is 1. The van der Waals surface area contributed by atoms with Crippen LogP contribution in [-0.4, -0.2) is 26.1 Å². The molecule has 4 rings (SSSR count). The number of ether oxygens (including phenoxy) is 1. The van der Waals surface area contributed by atoms with Crippen molar-refractivity contribution >= 4 is 22.6 Å². The summed E-state index contributed by atoms with van der Waals surface area (Å²) in [4.78, 5) is 34.4. The van der Waals surface area contributed by atoms with Crippen molar-refractivity contribution in [2.45, 2.75) is 19.9 Å². The van der Waals surface area contributed by atoms with Crippen LogP contribution in [0.2, 0.25) is 5.02 Å². The Labute approximate surface area is 173 Å². The van der Waals surface area contributed by atoms with Gasteiger partial charge in [0, 0.05) is 23.2 Å². The molecule has 0 amide bonds. The van der Waals surface area contributed by atoms with Crippen molar-refractivity contribution in [1.82, 2.24) is 19.5 Å². The van der Waals surface area contributed by atoms with Gasteiger partial charge in [0.25, 0.3) is 5.56 Å². The highest BCUT2D eigenvalue weighted by molar-refractivity contribution is 6.32. The predicted octanol–water partition coefficient (Wildman–Crippen LogP) is 3.16. The SMILES string of the molecule is CCc1cc2c(cc1Cl)nc1c(=O)[nH]c(=O)nc-1n2CCOc1cc(F)cc(F)c1. The van der Waals surface area contributed by atoms with Gasteiger partial charge in [0.1, 0.15) is 24.0 Å². The third kappa shape index (κ3) is 3.76. The molecule has 2 aliphatic heterocycles. The van der Waals surface area contributed by atoms with Crippen LogP contribution in [0.1, 0.15) is 12.5 Å². The van der Waals surface area contributed by atoms with Crippen LogP contribution in [0.4, 0.5) is 8.78 Å². The second-order valence-electron chi connectivity index (χ2n) is 6.55. The summed E-state index contributed by atoms with van der Waals surface area (Å²) in [7, 11) is 0. The first-order valence-corrected chi connectivity index (χ1v) is 9.45. The van der Waals surface area contributed by atoms with Gasteiger partial charge in [0.15, 0.2) is 11.5 Å². The molecule has 2 aromatic rings. The van der Waals surface area contributed by atoms with Crippen molar-refractivity contribution in [3.63, 3.8) is 0 Å². The van der Waals surface area contributed by atoms with E-state index >= 15 is 0 Å². The summed E-state index contributed by atoms with van der Waals surface area (Å²) in [6.07, 6.45) is 0.654. The quantitative estimate of drug-likeness (QED) is 0.489. The summed E-state index contributed by atoms with van der Waals surface area (Å²) < 4.78 is 33.8. The van der Waals surface area contributed by atoms with Crippen LogP contribution in [0.25, 0.3) is 22.6 Å². The van der Waals surface area contributed by atoms with Crippen molar-refractivity contribution in [2.75, 3.05) is 6.61 Å². The van der Waals surface area contributed by atoms with Crippen LogP contribution in [0, 0.1) is 11.6 Å². The van der Waals surface area contributed by atoms with Gasteiger partial charge in [0.05, 0.1) is 17.6 Å². The van der Waals surface area contributed by atoms with Gasteiger partial charge in [-0.25, -0.2) is 18.6 Å². The zero-order chi connectivity index (χ0) is 21.4. The number of benzene rings is 2. The van der Waals surface area contributed by atoms with Crippen molar-refractivity contribution in [3.05, 3.63) is 73.4 Å². The van der Waals surface area contributed by atoms with Crippen LogP contribution in [-0.2, 0) is 13.0 Å². The van der Waals surface area contributed by atoms with Gasteiger partial charge in [-0.2, -0.15) is 4.98 Å². The van der Waals surface area contributed by atoms with E-state index in [1.807, 2.05) is 6.92 Å². The Kier molecular flexibility index (Phi) is 5.21. The molecule has 2 aliphatic rings. The second-order valence-corrected chi connectivity index (χ2v) is 6.95. The molecule has 30 heavy (non-hydrogen) atoms. The molecule has 0 radical (unpaired) electrons. The third-order valence-electron chi connectivity index (χ3n) is 4.58. The smallest absolute Gasteiger partial charge is 0.349 e. The number of hydrogen-bond acceptors (Lipinski definition) is 5. The fourth-order valence-corrected chi connectivity index (χ4v) is 3.51. The van der Waals surface area contributed by atoms with Gasteiger partial charge in [-0.1, -0.05) is 18.5 Å². The number of nitrogens with one attached hydrogen (secondary N) is 1. The van der Waals surface area contributed by atoms with Crippen molar-refractivity contribution in [3.8, 4) is 17.3 Å². The highest BCUT2D eigenvalue weighted by Gasteiger charge is 2.19. The highest BCUT2D eigenvalue weighted by atomic mass is 35.5. The lowest BCUT2D eigenvalue weighted by molar-refractivity contribution is 0.297. The lowest BCUT2D eigenvalue weighted by Gasteiger charge is -2.18. The van der Waals surface area contributed by atoms with E-state index in [1.165, 1.54) is 0 Å². The molecule has 0 aromatic heterocycles. The van der Waals surface area contributed by atoms with Crippen molar-refractivity contribution in [2.24, 2.45) is 0 Å². The molecule has 2 heterocycles. The maximum absolute atomic E-state index is 13.4.